The van der Waals surface area contributed by atoms with Crippen molar-refractivity contribution < 1.29 is 21.9 Å². The van der Waals surface area contributed by atoms with Gasteiger partial charge in [-0.2, -0.15) is 8.78 Å². The Morgan fingerprint density at radius 1 is 1.35 bits per heavy atom. The Labute approximate surface area is 113 Å². The zero-order valence-electron chi connectivity index (χ0n) is 10.1. The van der Waals surface area contributed by atoms with Gasteiger partial charge in [0.05, 0.1) is 12.5 Å². The van der Waals surface area contributed by atoms with E-state index in [1.54, 1.807) is 6.07 Å². The fourth-order valence-corrected chi connectivity index (χ4v) is 2.41. The number of sulfonamides is 1. The maximum atomic E-state index is 12.2. The van der Waals surface area contributed by atoms with Crippen molar-refractivity contribution in [2.45, 2.75) is 18.2 Å². The Kier molecular flexibility index (Phi) is 4.30. The maximum Gasteiger partial charge on any atom is 0.387 e. The Morgan fingerprint density at radius 3 is 2.75 bits per heavy atom. The van der Waals surface area contributed by atoms with E-state index >= 15 is 0 Å². The fourth-order valence-electron chi connectivity index (χ4n) is 1.50. The molecule has 1 heterocycles. The van der Waals surface area contributed by atoms with Crippen LogP contribution in [0.3, 0.4) is 0 Å². The lowest BCUT2D eigenvalue weighted by atomic mass is 10.2. The number of ether oxygens (including phenoxy) is 1. The van der Waals surface area contributed by atoms with Crippen LogP contribution in [0.2, 0.25) is 0 Å². The number of aromatic nitrogens is 2. The highest BCUT2D eigenvalue weighted by Crippen LogP contribution is 2.20. The third-order valence-electron chi connectivity index (χ3n) is 2.40. The van der Waals surface area contributed by atoms with Gasteiger partial charge in [-0.1, -0.05) is 18.2 Å². The van der Waals surface area contributed by atoms with Crippen molar-refractivity contribution in [3.8, 4) is 5.75 Å². The summed E-state index contributed by atoms with van der Waals surface area (Å²) >= 11 is 0. The van der Waals surface area contributed by atoms with Crippen LogP contribution in [0, 0.1) is 0 Å². The van der Waals surface area contributed by atoms with Crippen LogP contribution in [0.25, 0.3) is 0 Å². The van der Waals surface area contributed by atoms with Crippen molar-refractivity contribution in [2.75, 3.05) is 0 Å². The number of benzene rings is 1. The Bertz CT molecular complexity index is 659. The summed E-state index contributed by atoms with van der Waals surface area (Å²) in [5.41, 5.74) is 0.302. The number of hydrogen-bond donors (Lipinski definition) is 2. The standard InChI is InChI=1S/C11H11F2N3O3S/c12-11(13)19-9-4-2-1-3-8(9)5-16-20(17,18)10-6-14-7-15-10/h1-4,6-7,11,16H,5H2,(H,14,15). The lowest BCUT2D eigenvalue weighted by Gasteiger charge is -2.11. The van der Waals surface area contributed by atoms with Gasteiger partial charge in [-0.3, -0.25) is 0 Å². The predicted molar refractivity (Wildman–Crippen MR) is 65.7 cm³/mol. The monoisotopic (exact) mass is 303 g/mol. The zero-order valence-corrected chi connectivity index (χ0v) is 10.9. The van der Waals surface area contributed by atoms with Crippen LogP contribution in [0.5, 0.6) is 5.75 Å². The van der Waals surface area contributed by atoms with Gasteiger partial charge < -0.3 is 9.72 Å². The summed E-state index contributed by atoms with van der Waals surface area (Å²) in [7, 11) is -3.77. The minimum atomic E-state index is -3.77. The topological polar surface area (TPSA) is 84.1 Å². The summed E-state index contributed by atoms with van der Waals surface area (Å²) in [6.45, 7) is -3.15. The van der Waals surface area contributed by atoms with Gasteiger partial charge in [0, 0.05) is 12.1 Å². The average Bonchev–Trinajstić information content (AvgIpc) is 2.92. The van der Waals surface area contributed by atoms with Crippen LogP contribution >= 0.6 is 0 Å². The minimum absolute atomic E-state index is 0.0742. The van der Waals surface area contributed by atoms with Crippen LogP contribution in [0.1, 0.15) is 5.56 Å². The Morgan fingerprint density at radius 2 is 2.10 bits per heavy atom. The van der Waals surface area contributed by atoms with Crippen molar-refractivity contribution in [2.24, 2.45) is 0 Å². The van der Waals surface area contributed by atoms with E-state index in [1.807, 2.05) is 0 Å². The predicted octanol–water partition coefficient (Wildman–Crippen LogP) is 1.49. The zero-order chi connectivity index (χ0) is 14.6. The molecule has 0 amide bonds. The molecular formula is C11H11F2N3O3S. The molecule has 0 saturated carbocycles. The molecule has 1 aromatic heterocycles. The van der Waals surface area contributed by atoms with Gasteiger partial charge in [0.1, 0.15) is 5.75 Å². The molecule has 0 fully saturated rings. The maximum absolute atomic E-state index is 12.2. The third-order valence-corrected chi connectivity index (χ3v) is 3.73. The summed E-state index contributed by atoms with van der Waals surface area (Å²) < 4.78 is 54.7. The molecule has 0 spiro atoms. The van der Waals surface area contributed by atoms with E-state index < -0.39 is 16.6 Å². The first-order chi connectivity index (χ1) is 9.49. The average molecular weight is 303 g/mol. The highest BCUT2D eigenvalue weighted by atomic mass is 32.2. The summed E-state index contributed by atoms with van der Waals surface area (Å²) in [6, 6.07) is 5.95. The first-order valence-electron chi connectivity index (χ1n) is 5.50. The van der Waals surface area contributed by atoms with Crippen LogP contribution in [0.4, 0.5) is 8.78 Å². The van der Waals surface area contributed by atoms with Gasteiger partial charge in [0.2, 0.25) is 0 Å². The molecule has 0 aliphatic rings. The molecule has 0 radical (unpaired) electrons. The number of H-pyrrole nitrogens is 1. The van der Waals surface area contributed by atoms with E-state index in [4.69, 9.17) is 0 Å². The van der Waals surface area contributed by atoms with Gasteiger partial charge in [-0.05, 0) is 6.07 Å². The number of imidazole rings is 1. The normalized spacial score (nSPS) is 11.8. The Hall–Kier alpha value is -2.00. The van der Waals surface area contributed by atoms with Crippen molar-refractivity contribution >= 4 is 10.0 Å². The number of halogens is 2. The lowest BCUT2D eigenvalue weighted by Crippen LogP contribution is -2.24. The highest BCUT2D eigenvalue weighted by molar-refractivity contribution is 7.89. The molecule has 0 aliphatic carbocycles. The smallest absolute Gasteiger partial charge is 0.387 e. The molecule has 2 aromatic rings. The number of para-hydroxylation sites is 1. The lowest BCUT2D eigenvalue weighted by molar-refractivity contribution is -0.0504. The molecule has 0 unspecified atom stereocenters. The van der Waals surface area contributed by atoms with E-state index in [-0.39, 0.29) is 17.3 Å². The summed E-state index contributed by atoms with van der Waals surface area (Å²) in [6.07, 6.45) is 2.37. The number of aromatic amines is 1. The molecule has 6 nitrogen and oxygen atoms in total. The van der Waals surface area contributed by atoms with Gasteiger partial charge >= 0.3 is 6.61 Å². The van der Waals surface area contributed by atoms with E-state index in [0.717, 1.165) is 6.20 Å². The molecule has 0 saturated heterocycles. The molecule has 0 atom stereocenters. The summed E-state index contributed by atoms with van der Waals surface area (Å²) in [4.78, 5) is 6.05. The third kappa shape index (κ3) is 3.52. The van der Waals surface area contributed by atoms with Crippen molar-refractivity contribution in [3.63, 3.8) is 0 Å². The molecule has 20 heavy (non-hydrogen) atoms. The number of rotatable bonds is 6. The molecule has 1 aromatic carbocycles. The van der Waals surface area contributed by atoms with E-state index in [2.05, 4.69) is 19.4 Å². The molecule has 2 rings (SSSR count). The molecule has 108 valence electrons. The number of alkyl halides is 2. The molecule has 2 N–H and O–H groups in total. The summed E-state index contributed by atoms with van der Waals surface area (Å²) in [5, 5.41) is -0.107. The minimum Gasteiger partial charge on any atom is -0.434 e. The van der Waals surface area contributed by atoms with E-state index in [9.17, 15) is 17.2 Å². The molecule has 0 bridgehead atoms. The van der Waals surface area contributed by atoms with Crippen LogP contribution in [-0.4, -0.2) is 25.0 Å². The van der Waals surface area contributed by atoms with Crippen LogP contribution in [-0.2, 0) is 16.6 Å². The molecule has 0 aliphatic heterocycles. The second-order valence-electron chi connectivity index (χ2n) is 3.73. The second kappa shape index (κ2) is 5.97. The van der Waals surface area contributed by atoms with E-state index in [0.29, 0.717) is 5.56 Å². The highest BCUT2D eigenvalue weighted by Gasteiger charge is 2.16. The van der Waals surface area contributed by atoms with Crippen LogP contribution in [0.15, 0.2) is 41.8 Å². The van der Waals surface area contributed by atoms with Crippen molar-refractivity contribution in [3.05, 3.63) is 42.4 Å². The molecule has 9 heteroatoms. The SMILES string of the molecule is O=S(=O)(NCc1ccccc1OC(F)F)c1cnc[nH]1. The quantitative estimate of drug-likeness (QED) is 0.847. The molecular weight excluding hydrogens is 292 g/mol. The van der Waals surface area contributed by atoms with Gasteiger partial charge in [0.15, 0.2) is 5.03 Å². The van der Waals surface area contributed by atoms with E-state index in [1.165, 1.54) is 24.5 Å². The number of nitrogens with one attached hydrogen (secondary N) is 2. The van der Waals surface area contributed by atoms with Gasteiger partial charge in [-0.15, -0.1) is 0 Å². The van der Waals surface area contributed by atoms with Crippen molar-refractivity contribution in [1.29, 1.82) is 0 Å². The summed E-state index contributed by atoms with van der Waals surface area (Å²) in [5.74, 6) is -0.0742. The largest absolute Gasteiger partial charge is 0.434 e. The Balaban J connectivity index is 2.12. The first kappa shape index (κ1) is 14.4. The second-order valence-corrected chi connectivity index (χ2v) is 5.46. The van der Waals surface area contributed by atoms with Gasteiger partial charge in [0.25, 0.3) is 10.0 Å². The van der Waals surface area contributed by atoms with Gasteiger partial charge in [-0.25, -0.2) is 18.1 Å². The fraction of sp³-hybridized carbons (Fsp3) is 0.182. The van der Waals surface area contributed by atoms with Crippen molar-refractivity contribution in [1.82, 2.24) is 14.7 Å². The number of hydrogen-bond acceptors (Lipinski definition) is 4. The van der Waals surface area contributed by atoms with Crippen LogP contribution < -0.4 is 9.46 Å². The number of nitrogens with zero attached hydrogens (tertiary/aromatic N) is 1. The first-order valence-corrected chi connectivity index (χ1v) is 6.98.